The van der Waals surface area contributed by atoms with Crippen LogP contribution in [0.15, 0.2) is 4.42 Å². The maximum absolute atomic E-state index is 11.4. The summed E-state index contributed by atoms with van der Waals surface area (Å²) < 4.78 is 9.95. The minimum absolute atomic E-state index is 0.124. The van der Waals surface area contributed by atoms with Gasteiger partial charge in [0.1, 0.15) is 5.76 Å². The summed E-state index contributed by atoms with van der Waals surface area (Å²) in [5, 5.41) is 13.6. The number of urea groups is 1. The van der Waals surface area contributed by atoms with E-state index in [1.54, 1.807) is 13.8 Å². The fourth-order valence-corrected chi connectivity index (χ4v) is 1.29. The Bertz CT molecular complexity index is 438. The monoisotopic (exact) mass is 271 g/mol. The van der Waals surface area contributed by atoms with Crippen molar-refractivity contribution in [2.75, 3.05) is 13.7 Å². The summed E-state index contributed by atoms with van der Waals surface area (Å²) >= 11 is 0. The fraction of sp³-hybridized carbons (Fsp3) is 0.545. The summed E-state index contributed by atoms with van der Waals surface area (Å²) in [4.78, 5) is 26.1. The molecule has 0 aliphatic carbocycles. The first-order valence-corrected chi connectivity index (χ1v) is 5.64. The highest BCUT2D eigenvalue weighted by atomic mass is 16.5. The van der Waals surface area contributed by atoms with Crippen LogP contribution in [0.3, 0.4) is 0 Å². The zero-order chi connectivity index (χ0) is 14.4. The van der Waals surface area contributed by atoms with Gasteiger partial charge in [-0.25, -0.2) is 14.6 Å². The minimum atomic E-state index is -1.14. The van der Waals surface area contributed by atoms with Gasteiger partial charge in [0, 0.05) is 7.11 Å². The van der Waals surface area contributed by atoms with Gasteiger partial charge in [-0.15, -0.1) is 0 Å². The van der Waals surface area contributed by atoms with Gasteiger partial charge in [0.25, 0.3) is 0 Å². The Hall–Kier alpha value is -2.09. The van der Waals surface area contributed by atoms with Crippen LogP contribution in [0.2, 0.25) is 0 Å². The maximum atomic E-state index is 11.4. The van der Waals surface area contributed by atoms with E-state index in [1.165, 1.54) is 7.11 Å². The Balaban J connectivity index is 2.33. The number of nitrogens with one attached hydrogen (secondary N) is 2. The van der Waals surface area contributed by atoms with Crippen molar-refractivity contribution in [2.24, 2.45) is 0 Å². The Morgan fingerprint density at radius 1 is 1.42 bits per heavy atom. The molecule has 1 heterocycles. The number of carbonyl (C=O) groups excluding carboxylic acids is 1. The van der Waals surface area contributed by atoms with E-state index in [0.717, 1.165) is 5.69 Å². The van der Waals surface area contributed by atoms with Gasteiger partial charge in [0.15, 0.2) is 6.10 Å². The first-order chi connectivity index (χ1) is 8.93. The third kappa shape index (κ3) is 4.59. The molecule has 0 spiro atoms. The minimum Gasteiger partial charge on any atom is -0.479 e. The number of carboxylic acid groups (broad SMARTS) is 1. The standard InChI is InChI=1S/C11H17N3O5/c1-6-7(2)19-9(14-6)5-13-11(17)12-4-8(18-3)10(15)16/h8H,4-5H2,1-3H3,(H,15,16)(H2,12,13,17). The third-order valence-electron chi connectivity index (χ3n) is 2.48. The van der Waals surface area contributed by atoms with Crippen molar-refractivity contribution < 1.29 is 23.8 Å². The van der Waals surface area contributed by atoms with Crippen molar-refractivity contribution in [3.63, 3.8) is 0 Å². The summed E-state index contributed by atoms with van der Waals surface area (Å²) in [6.45, 7) is 3.59. The highest BCUT2D eigenvalue weighted by molar-refractivity contribution is 5.76. The first kappa shape index (κ1) is 15.0. The number of aromatic nitrogens is 1. The summed E-state index contributed by atoms with van der Waals surface area (Å²) in [6, 6.07) is -0.517. The number of nitrogens with zero attached hydrogens (tertiary/aromatic N) is 1. The SMILES string of the molecule is COC(CNC(=O)NCc1nc(C)c(C)o1)C(=O)O. The largest absolute Gasteiger partial charge is 0.479 e. The number of aryl methyl sites for hydroxylation is 2. The number of carboxylic acids is 1. The average molecular weight is 271 g/mol. The number of rotatable bonds is 6. The molecule has 1 aromatic heterocycles. The highest BCUT2D eigenvalue weighted by Gasteiger charge is 2.17. The summed E-state index contributed by atoms with van der Waals surface area (Å²) in [7, 11) is 1.26. The van der Waals surface area contributed by atoms with Crippen molar-refractivity contribution in [3.8, 4) is 0 Å². The van der Waals surface area contributed by atoms with E-state index in [4.69, 9.17) is 9.52 Å². The molecule has 19 heavy (non-hydrogen) atoms. The number of carbonyl (C=O) groups is 2. The molecule has 2 amide bonds. The van der Waals surface area contributed by atoms with Crippen LogP contribution in [-0.4, -0.2) is 41.8 Å². The topological polar surface area (TPSA) is 114 Å². The lowest BCUT2D eigenvalue weighted by Gasteiger charge is -2.11. The first-order valence-electron chi connectivity index (χ1n) is 5.64. The summed E-state index contributed by atoms with van der Waals surface area (Å²) in [6.07, 6.45) is -1.07. The van der Waals surface area contributed by atoms with Gasteiger partial charge in [-0.05, 0) is 13.8 Å². The van der Waals surface area contributed by atoms with E-state index in [9.17, 15) is 9.59 Å². The van der Waals surface area contributed by atoms with Gasteiger partial charge < -0.3 is 24.9 Å². The summed E-state index contributed by atoms with van der Waals surface area (Å²) in [5.41, 5.74) is 0.766. The molecule has 1 unspecified atom stereocenters. The molecular weight excluding hydrogens is 254 g/mol. The van der Waals surface area contributed by atoms with Crippen molar-refractivity contribution >= 4 is 12.0 Å². The molecule has 0 aromatic carbocycles. The van der Waals surface area contributed by atoms with Crippen molar-refractivity contribution in [2.45, 2.75) is 26.5 Å². The number of hydrogen-bond donors (Lipinski definition) is 3. The van der Waals surface area contributed by atoms with Crippen LogP contribution >= 0.6 is 0 Å². The number of ether oxygens (including phenoxy) is 1. The van der Waals surface area contributed by atoms with Gasteiger partial charge in [-0.2, -0.15) is 0 Å². The molecule has 0 radical (unpaired) electrons. The van der Waals surface area contributed by atoms with Crippen LogP contribution in [-0.2, 0) is 16.1 Å². The molecule has 3 N–H and O–H groups in total. The summed E-state index contributed by atoms with van der Waals surface area (Å²) in [5.74, 6) is -0.0454. The molecule has 0 saturated carbocycles. The zero-order valence-corrected chi connectivity index (χ0v) is 11.0. The molecule has 0 aliphatic rings. The highest BCUT2D eigenvalue weighted by Crippen LogP contribution is 2.07. The number of hydrogen-bond acceptors (Lipinski definition) is 5. The second-order valence-corrected chi connectivity index (χ2v) is 3.88. The lowest BCUT2D eigenvalue weighted by Crippen LogP contribution is -2.42. The van der Waals surface area contributed by atoms with Crippen LogP contribution in [0.4, 0.5) is 4.79 Å². The maximum Gasteiger partial charge on any atom is 0.334 e. The molecule has 8 heteroatoms. The molecule has 0 bridgehead atoms. The van der Waals surface area contributed by atoms with Crippen LogP contribution in [0, 0.1) is 13.8 Å². The lowest BCUT2D eigenvalue weighted by atomic mass is 10.3. The van der Waals surface area contributed by atoms with Gasteiger partial charge in [0.05, 0.1) is 18.8 Å². The molecule has 8 nitrogen and oxygen atoms in total. The number of methoxy groups -OCH3 is 1. The Morgan fingerprint density at radius 2 is 2.11 bits per heavy atom. The Kier molecular flexibility index (Phi) is 5.31. The average Bonchev–Trinajstić information content (AvgIpc) is 2.66. The molecule has 1 aromatic rings. The smallest absolute Gasteiger partial charge is 0.334 e. The normalized spacial score (nSPS) is 11.9. The zero-order valence-electron chi connectivity index (χ0n) is 11.0. The Labute approximate surface area is 110 Å². The molecule has 0 aliphatic heterocycles. The van der Waals surface area contributed by atoms with Crippen molar-refractivity contribution in [1.82, 2.24) is 15.6 Å². The second kappa shape index (κ2) is 6.74. The van der Waals surface area contributed by atoms with Crippen LogP contribution in [0.1, 0.15) is 17.3 Å². The molecule has 0 saturated heterocycles. The molecular formula is C11H17N3O5. The van der Waals surface area contributed by atoms with Crippen LogP contribution in [0.25, 0.3) is 0 Å². The van der Waals surface area contributed by atoms with Crippen LogP contribution in [0.5, 0.6) is 0 Å². The van der Waals surface area contributed by atoms with Crippen molar-refractivity contribution in [1.29, 1.82) is 0 Å². The number of oxazole rings is 1. The molecule has 106 valence electrons. The van der Waals surface area contributed by atoms with Crippen LogP contribution < -0.4 is 10.6 Å². The van der Waals surface area contributed by atoms with Gasteiger partial charge in [0.2, 0.25) is 5.89 Å². The predicted molar refractivity (Wildman–Crippen MR) is 64.6 cm³/mol. The van der Waals surface area contributed by atoms with E-state index in [2.05, 4.69) is 20.4 Å². The number of amides is 2. The second-order valence-electron chi connectivity index (χ2n) is 3.88. The molecule has 1 atom stereocenters. The van der Waals surface area contributed by atoms with Gasteiger partial charge in [-0.3, -0.25) is 0 Å². The van der Waals surface area contributed by atoms with E-state index >= 15 is 0 Å². The Morgan fingerprint density at radius 3 is 2.58 bits per heavy atom. The number of aliphatic carboxylic acids is 1. The van der Waals surface area contributed by atoms with E-state index in [1.807, 2.05) is 0 Å². The quantitative estimate of drug-likeness (QED) is 0.680. The van der Waals surface area contributed by atoms with Gasteiger partial charge >= 0.3 is 12.0 Å². The van der Waals surface area contributed by atoms with E-state index < -0.39 is 18.1 Å². The predicted octanol–water partition coefficient (Wildman–Crippen LogP) is 0.190. The fourth-order valence-electron chi connectivity index (χ4n) is 1.29. The van der Waals surface area contributed by atoms with E-state index in [-0.39, 0.29) is 13.1 Å². The van der Waals surface area contributed by atoms with Crippen molar-refractivity contribution in [3.05, 3.63) is 17.3 Å². The molecule has 0 fully saturated rings. The van der Waals surface area contributed by atoms with Gasteiger partial charge in [-0.1, -0.05) is 0 Å². The molecule has 1 rings (SSSR count). The van der Waals surface area contributed by atoms with E-state index in [0.29, 0.717) is 11.7 Å². The third-order valence-corrected chi connectivity index (χ3v) is 2.48. The lowest BCUT2D eigenvalue weighted by molar-refractivity contribution is -0.147.